The number of hydrogen-bond donors (Lipinski definition) is 1. The summed E-state index contributed by atoms with van der Waals surface area (Å²) < 4.78 is 1.85. The maximum absolute atomic E-state index is 10.5. The Hall–Kier alpha value is -1.84. The Labute approximate surface area is 74.5 Å². The number of aliphatic carboxylic acids is 1. The molecular formula is C9H8N2O2. The van der Waals surface area contributed by atoms with Crippen LogP contribution in [0, 0.1) is 0 Å². The number of carboxylic acids is 1. The molecule has 0 aliphatic rings. The van der Waals surface area contributed by atoms with Gasteiger partial charge < -0.3 is 9.51 Å². The molecule has 0 saturated carbocycles. The van der Waals surface area contributed by atoms with E-state index in [1.54, 1.807) is 12.4 Å². The van der Waals surface area contributed by atoms with Crippen LogP contribution in [-0.2, 0) is 11.2 Å². The Balaban J connectivity index is 2.54. The Morgan fingerprint density at radius 2 is 2.38 bits per heavy atom. The second kappa shape index (κ2) is 2.90. The highest BCUT2D eigenvalue weighted by Crippen LogP contribution is 2.08. The molecule has 1 N–H and O–H groups in total. The van der Waals surface area contributed by atoms with Gasteiger partial charge in [0.2, 0.25) is 0 Å². The van der Waals surface area contributed by atoms with Crippen molar-refractivity contribution in [3.63, 3.8) is 0 Å². The molecule has 2 heterocycles. The molecule has 0 saturated heterocycles. The maximum atomic E-state index is 10.5. The molecule has 0 unspecified atom stereocenters. The lowest BCUT2D eigenvalue weighted by molar-refractivity contribution is -0.136. The smallest absolute Gasteiger partial charge is 0.309 e. The first-order valence-corrected chi connectivity index (χ1v) is 3.90. The summed E-state index contributed by atoms with van der Waals surface area (Å²) in [7, 11) is 0. The highest BCUT2D eigenvalue weighted by Gasteiger charge is 2.05. The molecule has 0 aromatic carbocycles. The lowest BCUT2D eigenvalue weighted by Crippen LogP contribution is -2.03. The predicted octanol–water partition coefficient (Wildman–Crippen LogP) is 0.961. The number of hydrogen-bond acceptors (Lipinski definition) is 2. The van der Waals surface area contributed by atoms with Crippen molar-refractivity contribution >= 4 is 11.5 Å². The summed E-state index contributed by atoms with van der Waals surface area (Å²) in [5.41, 5.74) is 1.45. The van der Waals surface area contributed by atoms with Crippen LogP contribution in [0.5, 0.6) is 0 Å². The summed E-state index contributed by atoms with van der Waals surface area (Å²) in [5.74, 6) is -0.859. The number of fused-ring (bicyclic) bond motifs is 1. The predicted molar refractivity (Wildman–Crippen MR) is 46.5 cm³/mol. The Bertz CT molecular complexity index is 448. The van der Waals surface area contributed by atoms with E-state index in [0.29, 0.717) is 5.69 Å². The van der Waals surface area contributed by atoms with Crippen LogP contribution in [0.4, 0.5) is 0 Å². The average molecular weight is 176 g/mol. The van der Waals surface area contributed by atoms with Gasteiger partial charge in [0.15, 0.2) is 0 Å². The third kappa shape index (κ3) is 1.38. The van der Waals surface area contributed by atoms with Crippen molar-refractivity contribution in [2.45, 2.75) is 6.42 Å². The van der Waals surface area contributed by atoms with Crippen molar-refractivity contribution < 1.29 is 9.90 Å². The summed E-state index contributed by atoms with van der Waals surface area (Å²) in [4.78, 5) is 14.5. The molecule has 0 bridgehead atoms. The van der Waals surface area contributed by atoms with E-state index < -0.39 is 5.97 Å². The van der Waals surface area contributed by atoms with Crippen molar-refractivity contribution in [2.75, 3.05) is 0 Å². The molecule has 66 valence electrons. The fraction of sp³-hybridized carbons (Fsp3) is 0.111. The summed E-state index contributed by atoms with van der Waals surface area (Å²) in [5, 5.41) is 8.61. The zero-order valence-corrected chi connectivity index (χ0v) is 6.84. The Morgan fingerprint density at radius 1 is 1.54 bits per heavy atom. The fourth-order valence-electron chi connectivity index (χ4n) is 1.31. The van der Waals surface area contributed by atoms with Gasteiger partial charge in [-0.3, -0.25) is 9.78 Å². The summed E-state index contributed by atoms with van der Waals surface area (Å²) in [6.45, 7) is 0. The standard InChI is InChI=1S/C9H8N2O2/c12-9(13)6-7-8-2-1-4-11(8)5-3-10-7/h1-5H,6H2,(H,12,13). The lowest BCUT2D eigenvalue weighted by Gasteiger charge is -1.99. The minimum absolute atomic E-state index is 0.0334. The monoisotopic (exact) mass is 176 g/mol. The van der Waals surface area contributed by atoms with E-state index in [-0.39, 0.29) is 6.42 Å². The molecule has 2 rings (SSSR count). The highest BCUT2D eigenvalue weighted by molar-refractivity contribution is 5.73. The van der Waals surface area contributed by atoms with E-state index in [4.69, 9.17) is 5.11 Å². The first-order chi connectivity index (χ1) is 6.27. The van der Waals surface area contributed by atoms with Gasteiger partial charge in [0, 0.05) is 18.6 Å². The third-order valence-corrected chi connectivity index (χ3v) is 1.85. The molecule has 13 heavy (non-hydrogen) atoms. The summed E-state index contributed by atoms with van der Waals surface area (Å²) in [6, 6.07) is 3.72. The van der Waals surface area contributed by atoms with Gasteiger partial charge in [0.1, 0.15) is 0 Å². The van der Waals surface area contributed by atoms with E-state index in [9.17, 15) is 4.79 Å². The molecule has 4 heteroatoms. The first kappa shape index (κ1) is 7.79. The molecule has 0 spiro atoms. The number of rotatable bonds is 2. The zero-order chi connectivity index (χ0) is 9.26. The average Bonchev–Trinajstić information content (AvgIpc) is 2.51. The van der Waals surface area contributed by atoms with Crippen LogP contribution in [0.15, 0.2) is 30.7 Å². The van der Waals surface area contributed by atoms with Crippen LogP contribution in [0.2, 0.25) is 0 Å². The molecule has 0 atom stereocenters. The number of nitrogens with zero attached hydrogens (tertiary/aromatic N) is 2. The van der Waals surface area contributed by atoms with Crippen molar-refractivity contribution in [2.24, 2.45) is 0 Å². The highest BCUT2D eigenvalue weighted by atomic mass is 16.4. The molecule has 4 nitrogen and oxygen atoms in total. The van der Waals surface area contributed by atoms with Crippen LogP contribution < -0.4 is 0 Å². The minimum Gasteiger partial charge on any atom is -0.481 e. The van der Waals surface area contributed by atoms with Gasteiger partial charge >= 0.3 is 5.97 Å². The number of carbonyl (C=O) groups is 1. The van der Waals surface area contributed by atoms with Crippen molar-refractivity contribution in [3.05, 3.63) is 36.4 Å². The van der Waals surface area contributed by atoms with Crippen LogP contribution in [0.3, 0.4) is 0 Å². The van der Waals surface area contributed by atoms with Gasteiger partial charge in [-0.1, -0.05) is 0 Å². The van der Waals surface area contributed by atoms with Gasteiger partial charge in [0.05, 0.1) is 17.6 Å². The van der Waals surface area contributed by atoms with Crippen molar-refractivity contribution in [1.29, 1.82) is 0 Å². The minimum atomic E-state index is -0.859. The van der Waals surface area contributed by atoms with Crippen molar-refractivity contribution in [1.82, 2.24) is 9.38 Å². The van der Waals surface area contributed by atoms with Gasteiger partial charge in [0.25, 0.3) is 0 Å². The van der Waals surface area contributed by atoms with E-state index in [1.165, 1.54) is 0 Å². The largest absolute Gasteiger partial charge is 0.481 e. The Kier molecular flexibility index (Phi) is 1.73. The molecular weight excluding hydrogens is 168 g/mol. The number of aromatic nitrogens is 2. The molecule has 0 amide bonds. The van der Waals surface area contributed by atoms with Crippen LogP contribution in [0.1, 0.15) is 5.69 Å². The molecule has 2 aromatic rings. The Morgan fingerprint density at radius 3 is 3.15 bits per heavy atom. The van der Waals surface area contributed by atoms with Crippen LogP contribution in [-0.4, -0.2) is 20.5 Å². The van der Waals surface area contributed by atoms with Crippen molar-refractivity contribution in [3.8, 4) is 0 Å². The summed E-state index contributed by atoms with van der Waals surface area (Å²) >= 11 is 0. The second-order valence-corrected chi connectivity index (χ2v) is 2.75. The maximum Gasteiger partial charge on any atom is 0.309 e. The lowest BCUT2D eigenvalue weighted by atomic mass is 10.3. The van der Waals surface area contributed by atoms with E-state index in [0.717, 1.165) is 5.52 Å². The molecule has 0 fully saturated rings. The normalized spacial score (nSPS) is 10.5. The van der Waals surface area contributed by atoms with Crippen LogP contribution >= 0.6 is 0 Å². The van der Waals surface area contributed by atoms with Gasteiger partial charge in [-0.2, -0.15) is 0 Å². The molecule has 2 aromatic heterocycles. The fourth-order valence-corrected chi connectivity index (χ4v) is 1.31. The zero-order valence-electron chi connectivity index (χ0n) is 6.84. The molecule has 0 aliphatic carbocycles. The van der Waals surface area contributed by atoms with E-state index in [1.807, 2.05) is 22.7 Å². The molecule has 0 aliphatic heterocycles. The third-order valence-electron chi connectivity index (χ3n) is 1.85. The first-order valence-electron chi connectivity index (χ1n) is 3.90. The SMILES string of the molecule is O=C(O)Cc1nccn2cccc12. The van der Waals surface area contributed by atoms with Gasteiger partial charge in [-0.15, -0.1) is 0 Å². The second-order valence-electron chi connectivity index (χ2n) is 2.75. The van der Waals surface area contributed by atoms with E-state index in [2.05, 4.69) is 4.98 Å². The van der Waals surface area contributed by atoms with Gasteiger partial charge in [-0.05, 0) is 12.1 Å². The quantitative estimate of drug-likeness (QED) is 0.741. The van der Waals surface area contributed by atoms with E-state index >= 15 is 0 Å². The van der Waals surface area contributed by atoms with Gasteiger partial charge in [-0.25, -0.2) is 0 Å². The van der Waals surface area contributed by atoms with Crippen LogP contribution in [0.25, 0.3) is 5.52 Å². The molecule has 0 radical (unpaired) electrons. The summed E-state index contributed by atoms with van der Waals surface area (Å²) in [6.07, 6.45) is 5.22. The topological polar surface area (TPSA) is 54.6 Å². The number of carboxylic acid groups (broad SMARTS) is 1.